The molecule has 0 aliphatic carbocycles. The van der Waals surface area contributed by atoms with Gasteiger partial charge in [0.1, 0.15) is 11.9 Å². The SMILES string of the molecule is CN=C(NCc1cccc(CN2CCOC(C)C2)c1)N1CCC(Oc2ccccc2)CC1. The predicted molar refractivity (Wildman–Crippen MR) is 129 cm³/mol. The number of aliphatic imine (C=N–C) groups is 1. The zero-order valence-corrected chi connectivity index (χ0v) is 19.4. The molecule has 2 heterocycles. The summed E-state index contributed by atoms with van der Waals surface area (Å²) in [5.74, 6) is 1.93. The molecule has 0 aromatic heterocycles. The molecule has 32 heavy (non-hydrogen) atoms. The molecule has 4 rings (SSSR count). The van der Waals surface area contributed by atoms with Gasteiger partial charge in [-0.2, -0.15) is 0 Å². The van der Waals surface area contributed by atoms with E-state index in [0.29, 0.717) is 6.10 Å². The third kappa shape index (κ3) is 6.47. The minimum atomic E-state index is 0.270. The first-order chi connectivity index (χ1) is 15.7. The predicted octanol–water partition coefficient (Wildman–Crippen LogP) is 3.53. The second-order valence-corrected chi connectivity index (χ2v) is 8.75. The van der Waals surface area contributed by atoms with Gasteiger partial charge in [-0.15, -0.1) is 0 Å². The van der Waals surface area contributed by atoms with Gasteiger partial charge in [-0.25, -0.2) is 0 Å². The molecule has 0 spiro atoms. The van der Waals surface area contributed by atoms with E-state index in [0.717, 1.165) is 70.4 Å². The van der Waals surface area contributed by atoms with Crippen LogP contribution in [0, 0.1) is 0 Å². The average molecular weight is 437 g/mol. The largest absolute Gasteiger partial charge is 0.490 e. The molecule has 6 heteroatoms. The van der Waals surface area contributed by atoms with E-state index in [-0.39, 0.29) is 6.10 Å². The zero-order chi connectivity index (χ0) is 22.2. The summed E-state index contributed by atoms with van der Waals surface area (Å²) in [6, 6.07) is 19.0. The third-order valence-electron chi connectivity index (χ3n) is 6.17. The maximum Gasteiger partial charge on any atom is 0.193 e. The van der Waals surface area contributed by atoms with E-state index in [4.69, 9.17) is 9.47 Å². The van der Waals surface area contributed by atoms with Gasteiger partial charge in [0.25, 0.3) is 0 Å². The zero-order valence-electron chi connectivity index (χ0n) is 19.4. The van der Waals surface area contributed by atoms with Gasteiger partial charge in [-0.05, 0) is 30.2 Å². The van der Waals surface area contributed by atoms with E-state index < -0.39 is 0 Å². The number of para-hydroxylation sites is 1. The van der Waals surface area contributed by atoms with Crippen molar-refractivity contribution in [3.8, 4) is 5.75 Å². The molecule has 1 atom stereocenters. The molecule has 6 nitrogen and oxygen atoms in total. The number of rotatable bonds is 6. The van der Waals surface area contributed by atoms with Crippen LogP contribution in [0.3, 0.4) is 0 Å². The van der Waals surface area contributed by atoms with Gasteiger partial charge in [0.2, 0.25) is 0 Å². The van der Waals surface area contributed by atoms with Crippen LogP contribution in [0.5, 0.6) is 5.75 Å². The second-order valence-electron chi connectivity index (χ2n) is 8.75. The van der Waals surface area contributed by atoms with Crippen molar-refractivity contribution >= 4 is 5.96 Å². The van der Waals surface area contributed by atoms with Crippen molar-refractivity contribution in [2.75, 3.05) is 39.8 Å². The molecule has 0 amide bonds. The highest BCUT2D eigenvalue weighted by Gasteiger charge is 2.22. The number of morpholine rings is 1. The van der Waals surface area contributed by atoms with Gasteiger partial charge in [-0.1, -0.05) is 42.5 Å². The smallest absolute Gasteiger partial charge is 0.193 e. The molecule has 0 saturated carbocycles. The molecule has 2 aromatic rings. The molecule has 2 fully saturated rings. The number of benzene rings is 2. The summed E-state index contributed by atoms with van der Waals surface area (Å²) >= 11 is 0. The highest BCUT2D eigenvalue weighted by Crippen LogP contribution is 2.19. The minimum Gasteiger partial charge on any atom is -0.490 e. The van der Waals surface area contributed by atoms with Gasteiger partial charge in [0.05, 0.1) is 12.7 Å². The van der Waals surface area contributed by atoms with E-state index in [1.807, 2.05) is 37.4 Å². The van der Waals surface area contributed by atoms with Crippen LogP contribution in [0.25, 0.3) is 0 Å². The molecule has 2 saturated heterocycles. The lowest BCUT2D eigenvalue weighted by atomic mass is 10.1. The summed E-state index contributed by atoms with van der Waals surface area (Å²) in [5, 5.41) is 3.56. The number of nitrogens with zero attached hydrogens (tertiary/aromatic N) is 3. The maximum atomic E-state index is 6.13. The lowest BCUT2D eigenvalue weighted by molar-refractivity contribution is -0.0212. The quantitative estimate of drug-likeness (QED) is 0.555. The highest BCUT2D eigenvalue weighted by atomic mass is 16.5. The van der Waals surface area contributed by atoms with Crippen molar-refractivity contribution in [2.45, 2.75) is 45.1 Å². The molecular weight excluding hydrogens is 400 g/mol. The van der Waals surface area contributed by atoms with Gasteiger partial charge < -0.3 is 19.7 Å². The second kappa shape index (κ2) is 11.3. The molecule has 1 unspecified atom stereocenters. The molecule has 0 bridgehead atoms. The van der Waals surface area contributed by atoms with Crippen molar-refractivity contribution < 1.29 is 9.47 Å². The lowest BCUT2D eigenvalue weighted by Crippen LogP contribution is -2.47. The summed E-state index contributed by atoms with van der Waals surface area (Å²) in [5.41, 5.74) is 2.64. The topological polar surface area (TPSA) is 49.3 Å². The third-order valence-corrected chi connectivity index (χ3v) is 6.17. The number of likely N-dealkylation sites (tertiary alicyclic amines) is 1. The molecule has 2 aliphatic heterocycles. The van der Waals surface area contributed by atoms with Crippen LogP contribution in [0.15, 0.2) is 59.6 Å². The van der Waals surface area contributed by atoms with Crippen molar-refractivity contribution in [1.29, 1.82) is 0 Å². The fourth-order valence-electron chi connectivity index (χ4n) is 4.52. The van der Waals surface area contributed by atoms with Gasteiger partial charge >= 0.3 is 0 Å². The number of ether oxygens (including phenoxy) is 2. The molecule has 2 aliphatic rings. The van der Waals surface area contributed by atoms with E-state index >= 15 is 0 Å². The molecule has 2 aromatic carbocycles. The van der Waals surface area contributed by atoms with E-state index in [1.165, 1.54) is 11.1 Å². The Hall–Kier alpha value is -2.57. The number of guanidine groups is 1. The summed E-state index contributed by atoms with van der Waals surface area (Å²) in [6.45, 7) is 8.63. The van der Waals surface area contributed by atoms with Crippen LogP contribution >= 0.6 is 0 Å². The van der Waals surface area contributed by atoms with Gasteiger partial charge in [0, 0.05) is 59.2 Å². The summed E-state index contributed by atoms with van der Waals surface area (Å²) in [6.07, 6.45) is 2.59. The van der Waals surface area contributed by atoms with Crippen LogP contribution < -0.4 is 10.1 Å². The summed E-state index contributed by atoms with van der Waals surface area (Å²) in [7, 11) is 1.87. The average Bonchev–Trinajstić information content (AvgIpc) is 2.81. The fourth-order valence-corrected chi connectivity index (χ4v) is 4.52. The monoisotopic (exact) mass is 436 g/mol. The first-order valence-electron chi connectivity index (χ1n) is 11.8. The van der Waals surface area contributed by atoms with Gasteiger partial charge in [-0.3, -0.25) is 9.89 Å². The Morgan fingerprint density at radius 3 is 2.59 bits per heavy atom. The Balaban J connectivity index is 1.25. The standard InChI is InChI=1S/C26H36N4O2/c1-21-19-29(15-16-31-21)20-23-8-6-7-22(17-23)18-28-26(27-2)30-13-11-25(12-14-30)32-24-9-4-3-5-10-24/h3-10,17,21,25H,11-16,18-20H2,1-2H3,(H,27,28). The number of piperidine rings is 1. The minimum absolute atomic E-state index is 0.270. The van der Waals surface area contributed by atoms with E-state index in [1.54, 1.807) is 0 Å². The Morgan fingerprint density at radius 1 is 1.06 bits per heavy atom. The Bertz CT molecular complexity index is 865. The van der Waals surface area contributed by atoms with E-state index in [2.05, 4.69) is 51.3 Å². The van der Waals surface area contributed by atoms with Crippen LogP contribution in [0.1, 0.15) is 30.9 Å². The van der Waals surface area contributed by atoms with Gasteiger partial charge in [0.15, 0.2) is 5.96 Å². The number of nitrogens with one attached hydrogen (secondary N) is 1. The Kier molecular flexibility index (Phi) is 8.02. The number of hydrogen-bond acceptors (Lipinski definition) is 4. The molecule has 1 N–H and O–H groups in total. The van der Waals surface area contributed by atoms with Crippen molar-refractivity contribution in [1.82, 2.24) is 15.1 Å². The van der Waals surface area contributed by atoms with E-state index in [9.17, 15) is 0 Å². The van der Waals surface area contributed by atoms with Crippen molar-refractivity contribution in [3.05, 3.63) is 65.7 Å². The summed E-state index contributed by atoms with van der Waals surface area (Å²) < 4.78 is 11.8. The fraction of sp³-hybridized carbons (Fsp3) is 0.500. The Morgan fingerprint density at radius 2 is 1.84 bits per heavy atom. The van der Waals surface area contributed by atoms with Crippen LogP contribution in [0.4, 0.5) is 0 Å². The van der Waals surface area contributed by atoms with Crippen LogP contribution in [-0.2, 0) is 17.8 Å². The van der Waals surface area contributed by atoms with Crippen molar-refractivity contribution in [2.24, 2.45) is 4.99 Å². The van der Waals surface area contributed by atoms with Crippen molar-refractivity contribution in [3.63, 3.8) is 0 Å². The van der Waals surface area contributed by atoms with Crippen LogP contribution in [-0.4, -0.2) is 67.8 Å². The molecular formula is C26H36N4O2. The highest BCUT2D eigenvalue weighted by molar-refractivity contribution is 5.80. The van der Waals surface area contributed by atoms with Crippen LogP contribution in [0.2, 0.25) is 0 Å². The first kappa shape index (κ1) is 22.6. The normalized spacial score (nSPS) is 20.9. The lowest BCUT2D eigenvalue weighted by Gasteiger charge is -2.34. The Labute approximate surface area is 192 Å². The molecule has 0 radical (unpaired) electrons. The molecule has 172 valence electrons. The first-order valence-corrected chi connectivity index (χ1v) is 11.8. The number of hydrogen-bond donors (Lipinski definition) is 1. The summed E-state index contributed by atoms with van der Waals surface area (Å²) in [4.78, 5) is 9.34. The maximum absolute atomic E-state index is 6.13.